The molecule has 1 saturated heterocycles. The smallest absolute Gasteiger partial charge is 0.356 e. The van der Waals surface area contributed by atoms with Gasteiger partial charge in [0, 0.05) is 18.5 Å². The zero-order valence-corrected chi connectivity index (χ0v) is 19.2. The highest BCUT2D eigenvalue weighted by Crippen LogP contribution is 2.33. The average Bonchev–Trinajstić information content (AvgIpc) is 2.77. The van der Waals surface area contributed by atoms with Crippen LogP contribution < -0.4 is 10.2 Å². The number of aromatic carboxylic acids is 1. The molecule has 2 N–H and O–H groups in total. The van der Waals surface area contributed by atoms with E-state index in [0.717, 1.165) is 5.56 Å². The second-order valence-electron chi connectivity index (χ2n) is 8.31. The molecule has 4 rings (SSSR count). The van der Waals surface area contributed by atoms with Gasteiger partial charge in [-0.3, -0.25) is 0 Å². The van der Waals surface area contributed by atoms with Crippen molar-refractivity contribution in [2.45, 2.75) is 38.7 Å². The summed E-state index contributed by atoms with van der Waals surface area (Å²) in [6.45, 7) is 3.48. The summed E-state index contributed by atoms with van der Waals surface area (Å²) >= 11 is 5.85. The number of benzene rings is 1. The summed E-state index contributed by atoms with van der Waals surface area (Å²) in [5.41, 5.74) is 2.41. The van der Waals surface area contributed by atoms with Crippen LogP contribution in [-0.4, -0.2) is 45.0 Å². The van der Waals surface area contributed by atoms with Gasteiger partial charge in [-0.2, -0.15) is 5.26 Å². The van der Waals surface area contributed by atoms with E-state index in [-0.39, 0.29) is 40.9 Å². The monoisotopic (exact) mass is 486 g/mol. The summed E-state index contributed by atoms with van der Waals surface area (Å²) in [7, 11) is 0. The van der Waals surface area contributed by atoms with Crippen molar-refractivity contribution in [3.8, 4) is 6.07 Å². The van der Waals surface area contributed by atoms with Gasteiger partial charge in [0.05, 0.1) is 29.3 Å². The number of hydrogen-bond acceptors (Lipinski definition) is 7. The molecule has 0 spiro atoms. The van der Waals surface area contributed by atoms with E-state index in [1.165, 1.54) is 17.0 Å². The van der Waals surface area contributed by atoms with Crippen LogP contribution >= 0.6 is 11.6 Å². The SMILES string of the molecule is Cc1cc([C@@H](C)Nc2ccc(Cl)nc2C(=O)O)c2nc(N3CCCC(F)(F)C3)c(C#N)nc2c1. The number of hydrogen-bond donors (Lipinski definition) is 2. The number of fused-ring (bicyclic) bond motifs is 1. The second kappa shape index (κ2) is 8.99. The Balaban J connectivity index is 1.80. The minimum atomic E-state index is -2.87. The summed E-state index contributed by atoms with van der Waals surface area (Å²) in [5, 5.41) is 22.3. The molecule has 3 aromatic rings. The fourth-order valence-electron chi connectivity index (χ4n) is 4.12. The first-order valence-corrected chi connectivity index (χ1v) is 11.0. The van der Waals surface area contributed by atoms with Crippen molar-refractivity contribution in [2.75, 3.05) is 23.3 Å². The molecule has 0 radical (unpaired) electrons. The number of nitrogens with zero attached hydrogens (tertiary/aromatic N) is 5. The Kier molecular flexibility index (Phi) is 6.23. The predicted molar refractivity (Wildman–Crippen MR) is 124 cm³/mol. The maximum atomic E-state index is 14.1. The maximum Gasteiger partial charge on any atom is 0.356 e. The standard InChI is InChI=1S/C23H21ClF2N6O2/c1-12-8-14(13(2)28-15-4-5-18(24)30-20(15)22(33)34)19-16(9-12)29-17(10-27)21(31-19)32-7-3-6-23(25,26)11-32/h4-5,8-9,13,28H,3,6-7,11H2,1-2H3,(H,33,34)/t13-/m1/s1. The van der Waals surface area contributed by atoms with E-state index in [9.17, 15) is 23.9 Å². The first kappa shape index (κ1) is 23.6. The molecule has 0 aliphatic carbocycles. The summed E-state index contributed by atoms with van der Waals surface area (Å²) in [6.07, 6.45) is 0.0661. The number of carboxylic acid groups (broad SMARTS) is 1. The van der Waals surface area contributed by atoms with Crippen molar-refractivity contribution >= 4 is 40.1 Å². The molecule has 1 aliphatic heterocycles. The number of halogens is 3. The number of carboxylic acids is 1. The van der Waals surface area contributed by atoms with Gasteiger partial charge in [-0.25, -0.2) is 28.5 Å². The van der Waals surface area contributed by atoms with Crippen molar-refractivity contribution in [1.29, 1.82) is 5.26 Å². The van der Waals surface area contributed by atoms with Crippen LogP contribution in [0.15, 0.2) is 24.3 Å². The Labute approximate surface area is 199 Å². The van der Waals surface area contributed by atoms with Crippen LogP contribution in [0.1, 0.15) is 53.1 Å². The van der Waals surface area contributed by atoms with E-state index < -0.39 is 24.5 Å². The van der Waals surface area contributed by atoms with Crippen LogP contribution in [0.2, 0.25) is 5.15 Å². The number of aromatic nitrogens is 3. The minimum Gasteiger partial charge on any atom is -0.476 e. The lowest BCUT2D eigenvalue weighted by atomic mass is 10.0. The molecule has 34 heavy (non-hydrogen) atoms. The maximum absolute atomic E-state index is 14.1. The van der Waals surface area contributed by atoms with Gasteiger partial charge in [-0.15, -0.1) is 0 Å². The van der Waals surface area contributed by atoms with Gasteiger partial charge in [0.2, 0.25) is 0 Å². The zero-order valence-electron chi connectivity index (χ0n) is 18.4. The second-order valence-corrected chi connectivity index (χ2v) is 8.70. The van der Waals surface area contributed by atoms with Crippen LogP contribution in [0.25, 0.3) is 11.0 Å². The van der Waals surface area contributed by atoms with E-state index in [1.807, 2.05) is 26.0 Å². The van der Waals surface area contributed by atoms with Gasteiger partial charge in [-0.05, 0) is 44.0 Å². The third-order valence-electron chi connectivity index (χ3n) is 5.63. The molecule has 0 unspecified atom stereocenters. The third kappa shape index (κ3) is 4.70. The minimum absolute atomic E-state index is 0.0163. The molecule has 1 fully saturated rings. The molecular weight excluding hydrogens is 466 g/mol. The lowest BCUT2D eigenvalue weighted by Gasteiger charge is -2.33. The van der Waals surface area contributed by atoms with Crippen molar-refractivity contribution in [1.82, 2.24) is 15.0 Å². The topological polar surface area (TPSA) is 115 Å². The van der Waals surface area contributed by atoms with Gasteiger partial charge in [-0.1, -0.05) is 17.7 Å². The van der Waals surface area contributed by atoms with Crippen molar-refractivity contribution in [3.05, 3.63) is 51.9 Å². The van der Waals surface area contributed by atoms with Crippen LogP contribution in [0.4, 0.5) is 20.3 Å². The highest BCUT2D eigenvalue weighted by atomic mass is 35.5. The number of nitrogens with one attached hydrogen (secondary N) is 1. The van der Waals surface area contributed by atoms with Gasteiger partial charge < -0.3 is 15.3 Å². The van der Waals surface area contributed by atoms with E-state index in [1.54, 1.807) is 6.07 Å². The number of anilines is 2. The molecule has 1 aromatic carbocycles. The van der Waals surface area contributed by atoms with Gasteiger partial charge in [0.25, 0.3) is 5.92 Å². The Bertz CT molecular complexity index is 1330. The molecule has 2 aromatic heterocycles. The molecule has 0 bridgehead atoms. The third-order valence-corrected chi connectivity index (χ3v) is 5.84. The van der Waals surface area contributed by atoms with Crippen LogP contribution in [0.5, 0.6) is 0 Å². The van der Waals surface area contributed by atoms with E-state index in [2.05, 4.69) is 20.3 Å². The highest BCUT2D eigenvalue weighted by Gasteiger charge is 2.37. The molecule has 0 saturated carbocycles. The zero-order chi connectivity index (χ0) is 24.6. The first-order valence-electron chi connectivity index (χ1n) is 10.6. The number of aryl methyl sites for hydroxylation is 1. The molecule has 1 atom stereocenters. The average molecular weight is 487 g/mol. The Morgan fingerprint density at radius 2 is 2.09 bits per heavy atom. The van der Waals surface area contributed by atoms with Crippen molar-refractivity contribution < 1.29 is 18.7 Å². The molecule has 3 heterocycles. The van der Waals surface area contributed by atoms with Gasteiger partial charge in [0.15, 0.2) is 17.2 Å². The van der Waals surface area contributed by atoms with E-state index in [0.29, 0.717) is 23.1 Å². The number of pyridine rings is 1. The lowest BCUT2D eigenvalue weighted by molar-refractivity contribution is -0.0118. The van der Waals surface area contributed by atoms with Gasteiger partial charge >= 0.3 is 5.97 Å². The summed E-state index contributed by atoms with van der Waals surface area (Å²) in [5.74, 6) is -3.99. The number of carbonyl (C=O) groups is 1. The summed E-state index contributed by atoms with van der Waals surface area (Å²) < 4.78 is 28.2. The molecule has 176 valence electrons. The summed E-state index contributed by atoms with van der Waals surface area (Å²) in [4.78, 5) is 25.9. The van der Waals surface area contributed by atoms with E-state index >= 15 is 0 Å². The fourth-order valence-corrected chi connectivity index (χ4v) is 4.27. The Morgan fingerprint density at radius 1 is 1.32 bits per heavy atom. The molecule has 1 aliphatic rings. The van der Waals surface area contributed by atoms with Gasteiger partial charge in [0.1, 0.15) is 11.2 Å². The number of alkyl halides is 2. The van der Waals surface area contributed by atoms with Crippen LogP contribution in [-0.2, 0) is 0 Å². The highest BCUT2D eigenvalue weighted by molar-refractivity contribution is 6.29. The number of rotatable bonds is 5. The van der Waals surface area contributed by atoms with E-state index in [4.69, 9.17) is 11.6 Å². The van der Waals surface area contributed by atoms with Crippen molar-refractivity contribution in [2.24, 2.45) is 0 Å². The normalized spacial score (nSPS) is 16.2. The molecular formula is C23H21ClF2N6O2. The predicted octanol–water partition coefficient (Wildman–Crippen LogP) is 4.97. The number of nitriles is 1. The Morgan fingerprint density at radius 3 is 2.76 bits per heavy atom. The van der Waals surface area contributed by atoms with Crippen LogP contribution in [0.3, 0.4) is 0 Å². The quantitative estimate of drug-likeness (QED) is 0.486. The molecule has 11 heteroatoms. The first-order chi connectivity index (χ1) is 16.1. The lowest BCUT2D eigenvalue weighted by Crippen LogP contribution is -2.43. The Hall–Kier alpha value is -3.58. The summed E-state index contributed by atoms with van der Waals surface area (Å²) in [6, 6.07) is 8.15. The fraction of sp³-hybridized carbons (Fsp3) is 0.348. The largest absolute Gasteiger partial charge is 0.476 e. The van der Waals surface area contributed by atoms with Crippen molar-refractivity contribution in [3.63, 3.8) is 0 Å². The number of piperidine rings is 1. The molecule has 0 amide bonds. The van der Waals surface area contributed by atoms with Crippen LogP contribution in [0, 0.1) is 18.3 Å². The molecule has 8 nitrogen and oxygen atoms in total.